The zero-order valence-corrected chi connectivity index (χ0v) is 20.8. The minimum absolute atomic E-state index is 0.108. The van der Waals surface area contributed by atoms with Crippen LogP contribution in [0.1, 0.15) is 56.4 Å². The molecule has 1 fully saturated rings. The van der Waals surface area contributed by atoms with Gasteiger partial charge in [0.15, 0.2) is 5.01 Å². The number of aryl methyl sites for hydroxylation is 1. The second-order valence-electron chi connectivity index (χ2n) is 8.65. The third-order valence-electron chi connectivity index (χ3n) is 5.83. The van der Waals surface area contributed by atoms with E-state index in [1.54, 1.807) is 24.3 Å². The number of carbonyl (C=O) groups excluding carboxylic acids is 2. The van der Waals surface area contributed by atoms with E-state index in [1.807, 2.05) is 31.2 Å². The minimum atomic E-state index is -0.348. The number of piperidine rings is 1. The highest BCUT2D eigenvalue weighted by molar-refractivity contribution is 7.13. The fourth-order valence-electron chi connectivity index (χ4n) is 3.86. The highest BCUT2D eigenvalue weighted by Gasteiger charge is 2.14. The number of rotatable bonds is 10. The smallest absolute Gasteiger partial charge is 0.286 e. The Morgan fingerprint density at radius 1 is 0.971 bits per heavy atom. The summed E-state index contributed by atoms with van der Waals surface area (Å²) in [5.41, 5.74) is 2.31. The van der Waals surface area contributed by atoms with E-state index in [0.717, 1.165) is 24.3 Å². The number of benzene rings is 2. The van der Waals surface area contributed by atoms with Crippen molar-refractivity contribution in [2.45, 2.75) is 39.2 Å². The van der Waals surface area contributed by atoms with Crippen molar-refractivity contribution in [1.29, 1.82) is 0 Å². The monoisotopic (exact) mass is 493 g/mol. The van der Waals surface area contributed by atoms with Crippen LogP contribution < -0.4 is 15.4 Å². The van der Waals surface area contributed by atoms with Crippen LogP contribution in [0.3, 0.4) is 0 Å². The normalized spacial score (nSPS) is 13.9. The zero-order chi connectivity index (χ0) is 24.5. The molecule has 1 aromatic heterocycles. The summed E-state index contributed by atoms with van der Waals surface area (Å²) >= 11 is 1.19. The summed E-state index contributed by atoms with van der Waals surface area (Å²) in [6.07, 6.45) is 4.82. The Morgan fingerprint density at radius 2 is 1.71 bits per heavy atom. The molecule has 2 N–H and O–H groups in total. The molecule has 0 bridgehead atoms. The number of hydrogen-bond acceptors (Lipinski definition) is 7. The lowest BCUT2D eigenvalue weighted by Gasteiger charge is -2.26. The van der Waals surface area contributed by atoms with Crippen LogP contribution in [0.2, 0.25) is 0 Å². The van der Waals surface area contributed by atoms with Gasteiger partial charge in [0.25, 0.3) is 11.8 Å². The minimum Gasteiger partial charge on any atom is -0.486 e. The van der Waals surface area contributed by atoms with Crippen LogP contribution in [0.5, 0.6) is 5.75 Å². The molecule has 8 nitrogen and oxygen atoms in total. The number of ether oxygens (including phenoxy) is 1. The molecule has 184 valence electrons. The van der Waals surface area contributed by atoms with Crippen molar-refractivity contribution in [3.8, 4) is 5.75 Å². The largest absolute Gasteiger partial charge is 0.486 e. The molecular weight excluding hydrogens is 462 g/mol. The van der Waals surface area contributed by atoms with Crippen LogP contribution in [0, 0.1) is 6.92 Å². The maximum Gasteiger partial charge on any atom is 0.286 e. The molecule has 35 heavy (non-hydrogen) atoms. The van der Waals surface area contributed by atoms with E-state index in [0.29, 0.717) is 22.8 Å². The van der Waals surface area contributed by atoms with Gasteiger partial charge in [-0.05, 0) is 82.2 Å². The molecule has 9 heteroatoms. The Kier molecular flexibility index (Phi) is 8.80. The van der Waals surface area contributed by atoms with E-state index < -0.39 is 0 Å². The van der Waals surface area contributed by atoms with Crippen molar-refractivity contribution in [3.05, 3.63) is 69.7 Å². The number of aromatic nitrogens is 2. The number of anilines is 1. The molecule has 0 aliphatic carbocycles. The number of nitrogens with zero attached hydrogens (tertiary/aromatic N) is 3. The lowest BCUT2D eigenvalue weighted by atomic mass is 10.1. The highest BCUT2D eigenvalue weighted by atomic mass is 32.1. The van der Waals surface area contributed by atoms with Gasteiger partial charge in [-0.3, -0.25) is 9.59 Å². The Balaban J connectivity index is 1.20. The average Bonchev–Trinajstić information content (AvgIpc) is 3.37. The average molecular weight is 494 g/mol. The SMILES string of the molecule is Cc1ccc(OCc2nnc(C(=O)Nc3ccc(C(=O)NCCCN4CCCCC4)cc3)s2)cc1. The number of carbonyl (C=O) groups is 2. The van der Waals surface area contributed by atoms with Gasteiger partial charge in [-0.1, -0.05) is 35.5 Å². The fraction of sp³-hybridized carbons (Fsp3) is 0.385. The van der Waals surface area contributed by atoms with Crippen molar-refractivity contribution in [2.75, 3.05) is 31.5 Å². The molecule has 3 aromatic rings. The van der Waals surface area contributed by atoms with Crippen molar-refractivity contribution in [3.63, 3.8) is 0 Å². The van der Waals surface area contributed by atoms with E-state index >= 15 is 0 Å². The number of amides is 2. The van der Waals surface area contributed by atoms with Crippen LogP contribution in [0.25, 0.3) is 0 Å². The van der Waals surface area contributed by atoms with Gasteiger partial charge >= 0.3 is 0 Å². The first kappa shape index (κ1) is 24.8. The molecule has 1 aliphatic heterocycles. The highest BCUT2D eigenvalue weighted by Crippen LogP contribution is 2.18. The summed E-state index contributed by atoms with van der Waals surface area (Å²) in [4.78, 5) is 27.4. The second-order valence-corrected chi connectivity index (χ2v) is 9.71. The molecule has 0 spiro atoms. The molecule has 1 saturated heterocycles. The summed E-state index contributed by atoms with van der Waals surface area (Å²) in [5.74, 6) is 0.283. The summed E-state index contributed by atoms with van der Waals surface area (Å²) in [5, 5.41) is 14.6. The summed E-state index contributed by atoms with van der Waals surface area (Å²) in [6.45, 7) is 6.27. The van der Waals surface area contributed by atoms with Gasteiger partial charge < -0.3 is 20.3 Å². The predicted octanol–water partition coefficient (Wildman–Crippen LogP) is 4.28. The number of hydrogen-bond donors (Lipinski definition) is 2. The van der Waals surface area contributed by atoms with E-state index in [1.165, 1.54) is 43.7 Å². The lowest BCUT2D eigenvalue weighted by Crippen LogP contribution is -2.33. The van der Waals surface area contributed by atoms with Gasteiger partial charge in [0.2, 0.25) is 5.01 Å². The molecule has 2 heterocycles. The van der Waals surface area contributed by atoms with Crippen molar-refractivity contribution in [2.24, 2.45) is 0 Å². The second kappa shape index (κ2) is 12.4. The fourth-order valence-corrected chi connectivity index (χ4v) is 4.51. The van der Waals surface area contributed by atoms with Crippen LogP contribution in [-0.4, -0.2) is 53.1 Å². The van der Waals surface area contributed by atoms with E-state index in [4.69, 9.17) is 4.74 Å². The summed E-state index contributed by atoms with van der Waals surface area (Å²) in [7, 11) is 0. The van der Waals surface area contributed by atoms with Crippen LogP contribution in [-0.2, 0) is 6.61 Å². The van der Waals surface area contributed by atoms with Crippen LogP contribution >= 0.6 is 11.3 Å². The Labute approximate surface area is 209 Å². The van der Waals surface area contributed by atoms with Crippen molar-refractivity contribution < 1.29 is 14.3 Å². The molecule has 4 rings (SSSR count). The molecule has 0 radical (unpaired) electrons. The zero-order valence-electron chi connectivity index (χ0n) is 20.0. The topological polar surface area (TPSA) is 96.5 Å². The molecule has 0 atom stereocenters. The molecule has 1 aliphatic rings. The van der Waals surface area contributed by atoms with Crippen molar-refractivity contribution in [1.82, 2.24) is 20.4 Å². The molecular formula is C26H31N5O3S. The van der Waals surface area contributed by atoms with E-state index in [-0.39, 0.29) is 23.4 Å². The Hall–Kier alpha value is -3.30. The van der Waals surface area contributed by atoms with Gasteiger partial charge in [-0.25, -0.2) is 0 Å². The maximum absolute atomic E-state index is 12.5. The number of likely N-dealkylation sites (tertiary alicyclic amines) is 1. The third kappa shape index (κ3) is 7.60. The van der Waals surface area contributed by atoms with Gasteiger partial charge in [-0.15, -0.1) is 10.2 Å². The first-order valence-electron chi connectivity index (χ1n) is 12.0. The molecule has 2 aromatic carbocycles. The first-order chi connectivity index (χ1) is 17.1. The molecule has 0 saturated carbocycles. The third-order valence-corrected chi connectivity index (χ3v) is 6.73. The molecule has 0 unspecified atom stereocenters. The van der Waals surface area contributed by atoms with Gasteiger partial charge in [0.1, 0.15) is 12.4 Å². The summed E-state index contributed by atoms with van der Waals surface area (Å²) in [6, 6.07) is 14.6. The lowest BCUT2D eigenvalue weighted by molar-refractivity contribution is 0.0950. The van der Waals surface area contributed by atoms with E-state index in [2.05, 4.69) is 25.7 Å². The first-order valence-corrected chi connectivity index (χ1v) is 12.8. The van der Waals surface area contributed by atoms with Crippen LogP contribution in [0.4, 0.5) is 5.69 Å². The van der Waals surface area contributed by atoms with Crippen LogP contribution in [0.15, 0.2) is 48.5 Å². The van der Waals surface area contributed by atoms with Gasteiger partial charge in [0.05, 0.1) is 0 Å². The Morgan fingerprint density at radius 3 is 2.46 bits per heavy atom. The van der Waals surface area contributed by atoms with Gasteiger partial charge in [-0.2, -0.15) is 0 Å². The summed E-state index contributed by atoms with van der Waals surface area (Å²) < 4.78 is 5.70. The maximum atomic E-state index is 12.5. The number of nitrogens with one attached hydrogen (secondary N) is 2. The van der Waals surface area contributed by atoms with E-state index in [9.17, 15) is 9.59 Å². The Bertz CT molecular complexity index is 1110. The van der Waals surface area contributed by atoms with Crippen molar-refractivity contribution >= 4 is 28.8 Å². The van der Waals surface area contributed by atoms with Gasteiger partial charge in [0, 0.05) is 17.8 Å². The standard InChI is InChI=1S/C26H31N5O3S/c1-19-6-12-22(13-7-19)34-18-23-29-30-26(35-23)25(33)28-21-10-8-20(9-11-21)24(32)27-14-5-17-31-15-3-2-4-16-31/h6-13H,2-5,14-18H2,1H3,(H,27,32)(H,28,33). The molecule has 2 amide bonds. The predicted molar refractivity (Wildman–Crippen MR) is 137 cm³/mol. The quantitative estimate of drug-likeness (QED) is 0.409.